The van der Waals surface area contributed by atoms with Gasteiger partial charge < -0.3 is 10.1 Å². The van der Waals surface area contributed by atoms with Crippen molar-refractivity contribution < 1.29 is 4.74 Å². The maximum absolute atomic E-state index is 4.97. The average Bonchev–Trinajstić information content (AvgIpc) is 2.41. The number of hydrogen-bond donors (Lipinski definition) is 1. The van der Waals surface area contributed by atoms with Crippen LogP contribution in [0, 0.1) is 6.92 Å². The highest BCUT2D eigenvalue weighted by Crippen LogP contribution is 2.14. The number of benzene rings is 2. The number of anilines is 1. The van der Waals surface area contributed by atoms with Crippen LogP contribution in [0.4, 0.5) is 5.69 Å². The molecule has 0 heterocycles. The molecular formula is C16H19NO. The fourth-order valence-corrected chi connectivity index (χ4v) is 1.84. The summed E-state index contributed by atoms with van der Waals surface area (Å²) in [7, 11) is 1.68. The average molecular weight is 241 g/mol. The van der Waals surface area contributed by atoms with E-state index >= 15 is 0 Å². The molecule has 0 amide bonds. The molecule has 2 heteroatoms. The summed E-state index contributed by atoms with van der Waals surface area (Å²) in [4.78, 5) is 0. The first-order valence-corrected chi connectivity index (χ1v) is 6.15. The second kappa shape index (κ2) is 6.22. The zero-order chi connectivity index (χ0) is 12.8. The Morgan fingerprint density at radius 1 is 0.889 bits per heavy atom. The van der Waals surface area contributed by atoms with Crippen LogP contribution in [-0.4, -0.2) is 13.8 Å². The van der Waals surface area contributed by atoms with Crippen LogP contribution in [0.25, 0.3) is 0 Å². The van der Waals surface area contributed by atoms with Crippen molar-refractivity contribution in [1.82, 2.24) is 0 Å². The molecule has 2 aromatic carbocycles. The van der Waals surface area contributed by atoms with Crippen molar-refractivity contribution in [3.05, 3.63) is 65.2 Å². The molecule has 0 atom stereocenters. The summed E-state index contributed by atoms with van der Waals surface area (Å²) in [5.41, 5.74) is 5.06. The fraction of sp³-hybridized carbons (Fsp3) is 0.250. The van der Waals surface area contributed by atoms with E-state index in [4.69, 9.17) is 4.74 Å². The Labute approximate surface area is 109 Å². The first-order chi connectivity index (χ1) is 8.78. The molecule has 0 saturated heterocycles. The van der Waals surface area contributed by atoms with Crippen LogP contribution in [0.15, 0.2) is 48.5 Å². The Morgan fingerprint density at radius 2 is 1.44 bits per heavy atom. The van der Waals surface area contributed by atoms with E-state index in [1.54, 1.807) is 7.11 Å². The van der Waals surface area contributed by atoms with Crippen LogP contribution in [0.5, 0.6) is 0 Å². The summed E-state index contributed by atoms with van der Waals surface area (Å²) in [6, 6.07) is 17.2. The lowest BCUT2D eigenvalue weighted by molar-refractivity contribution is 0.221. The second-order valence-corrected chi connectivity index (χ2v) is 4.47. The van der Waals surface area contributed by atoms with E-state index in [-0.39, 0.29) is 0 Å². The third kappa shape index (κ3) is 3.60. The quantitative estimate of drug-likeness (QED) is 0.807. The highest BCUT2D eigenvalue weighted by Gasteiger charge is 1.97. The largest absolute Gasteiger partial charge is 0.365 e. The summed E-state index contributed by atoms with van der Waals surface area (Å²) < 4.78 is 4.97. The van der Waals surface area contributed by atoms with Crippen LogP contribution in [0.3, 0.4) is 0 Å². The van der Waals surface area contributed by atoms with E-state index in [2.05, 4.69) is 60.8 Å². The molecule has 0 unspecified atom stereocenters. The molecule has 0 saturated carbocycles. The molecule has 0 aliphatic heterocycles. The molecule has 18 heavy (non-hydrogen) atoms. The lowest BCUT2D eigenvalue weighted by Crippen LogP contribution is -2.02. The lowest BCUT2D eigenvalue weighted by atomic mass is 10.0. The van der Waals surface area contributed by atoms with Gasteiger partial charge in [0.25, 0.3) is 0 Å². The van der Waals surface area contributed by atoms with Crippen molar-refractivity contribution in [2.75, 3.05) is 19.2 Å². The maximum Gasteiger partial charge on any atom is 0.116 e. The molecule has 0 fully saturated rings. The van der Waals surface area contributed by atoms with Crippen molar-refractivity contribution in [3.8, 4) is 0 Å². The summed E-state index contributed by atoms with van der Waals surface area (Å²) >= 11 is 0. The topological polar surface area (TPSA) is 21.3 Å². The lowest BCUT2D eigenvalue weighted by Gasteiger charge is -2.07. The van der Waals surface area contributed by atoms with Gasteiger partial charge in [0.15, 0.2) is 0 Å². The van der Waals surface area contributed by atoms with Gasteiger partial charge in [-0.25, -0.2) is 0 Å². The van der Waals surface area contributed by atoms with E-state index in [9.17, 15) is 0 Å². The van der Waals surface area contributed by atoms with Crippen LogP contribution < -0.4 is 5.32 Å². The Balaban J connectivity index is 1.99. The highest BCUT2D eigenvalue weighted by molar-refractivity contribution is 5.45. The van der Waals surface area contributed by atoms with Crippen LogP contribution in [0.2, 0.25) is 0 Å². The Hall–Kier alpha value is -1.80. The van der Waals surface area contributed by atoms with Gasteiger partial charge in [0.05, 0.1) is 0 Å². The molecule has 0 aromatic heterocycles. The third-order valence-corrected chi connectivity index (χ3v) is 2.90. The van der Waals surface area contributed by atoms with Crippen molar-refractivity contribution in [1.29, 1.82) is 0 Å². The van der Waals surface area contributed by atoms with Gasteiger partial charge >= 0.3 is 0 Å². The van der Waals surface area contributed by atoms with Crippen molar-refractivity contribution in [3.63, 3.8) is 0 Å². The first-order valence-electron chi connectivity index (χ1n) is 6.15. The molecule has 2 rings (SSSR count). The third-order valence-electron chi connectivity index (χ3n) is 2.90. The minimum atomic E-state index is 0.539. The highest BCUT2D eigenvalue weighted by atomic mass is 16.5. The van der Waals surface area contributed by atoms with Gasteiger partial charge in [-0.05, 0) is 36.6 Å². The molecule has 94 valence electrons. The smallest absolute Gasteiger partial charge is 0.116 e. The Bertz CT molecular complexity index is 473. The molecule has 0 aliphatic carbocycles. The molecular weight excluding hydrogens is 222 g/mol. The van der Waals surface area contributed by atoms with Crippen LogP contribution >= 0.6 is 0 Å². The first kappa shape index (κ1) is 12.7. The summed E-state index contributed by atoms with van der Waals surface area (Å²) in [5, 5.41) is 3.17. The minimum Gasteiger partial charge on any atom is -0.365 e. The molecule has 0 spiro atoms. The van der Waals surface area contributed by atoms with Gasteiger partial charge in [-0.3, -0.25) is 0 Å². The minimum absolute atomic E-state index is 0.539. The Morgan fingerprint density at radius 3 is 2.00 bits per heavy atom. The fourth-order valence-electron chi connectivity index (χ4n) is 1.84. The number of ether oxygens (including phenoxy) is 1. The predicted octanol–water partition coefficient (Wildman–Crippen LogP) is 3.60. The summed E-state index contributed by atoms with van der Waals surface area (Å²) in [5.74, 6) is 0. The molecule has 2 nitrogen and oxygen atoms in total. The number of hydrogen-bond acceptors (Lipinski definition) is 2. The standard InChI is InChI=1S/C16H19NO/c1-13-3-5-14(6-4-13)11-15-7-9-16(10-8-15)17-12-18-2/h3-10,17H,11-12H2,1-2H3. The van der Waals surface area contributed by atoms with E-state index in [1.165, 1.54) is 16.7 Å². The summed E-state index contributed by atoms with van der Waals surface area (Å²) in [6.07, 6.45) is 0.977. The van der Waals surface area contributed by atoms with Gasteiger partial charge in [-0.1, -0.05) is 42.0 Å². The maximum atomic E-state index is 4.97. The monoisotopic (exact) mass is 241 g/mol. The zero-order valence-corrected chi connectivity index (χ0v) is 10.9. The zero-order valence-electron chi connectivity index (χ0n) is 10.9. The molecule has 0 aliphatic rings. The number of rotatable bonds is 5. The van der Waals surface area contributed by atoms with E-state index in [0.717, 1.165) is 12.1 Å². The van der Waals surface area contributed by atoms with Gasteiger partial charge in [0, 0.05) is 12.8 Å². The molecule has 2 aromatic rings. The predicted molar refractivity (Wildman–Crippen MR) is 75.9 cm³/mol. The van der Waals surface area contributed by atoms with Gasteiger partial charge in [-0.2, -0.15) is 0 Å². The van der Waals surface area contributed by atoms with Crippen molar-refractivity contribution in [2.45, 2.75) is 13.3 Å². The van der Waals surface area contributed by atoms with Crippen LogP contribution in [-0.2, 0) is 11.2 Å². The molecule has 1 N–H and O–H groups in total. The molecule has 0 radical (unpaired) electrons. The number of aryl methyl sites for hydroxylation is 1. The van der Waals surface area contributed by atoms with Crippen molar-refractivity contribution in [2.24, 2.45) is 0 Å². The number of nitrogens with one attached hydrogen (secondary N) is 1. The normalized spacial score (nSPS) is 10.3. The van der Waals surface area contributed by atoms with Gasteiger partial charge in [0.2, 0.25) is 0 Å². The van der Waals surface area contributed by atoms with E-state index in [0.29, 0.717) is 6.73 Å². The van der Waals surface area contributed by atoms with E-state index in [1.807, 2.05) is 0 Å². The van der Waals surface area contributed by atoms with Gasteiger partial charge in [0.1, 0.15) is 6.73 Å². The van der Waals surface area contributed by atoms with Crippen LogP contribution in [0.1, 0.15) is 16.7 Å². The van der Waals surface area contributed by atoms with Crippen molar-refractivity contribution >= 4 is 5.69 Å². The Kier molecular flexibility index (Phi) is 4.37. The molecule has 0 bridgehead atoms. The van der Waals surface area contributed by atoms with E-state index < -0.39 is 0 Å². The van der Waals surface area contributed by atoms with Gasteiger partial charge in [-0.15, -0.1) is 0 Å². The summed E-state index contributed by atoms with van der Waals surface area (Å²) in [6.45, 7) is 2.65. The SMILES string of the molecule is COCNc1ccc(Cc2ccc(C)cc2)cc1. The second-order valence-electron chi connectivity index (χ2n) is 4.47. The number of methoxy groups -OCH3 is 1.